The summed E-state index contributed by atoms with van der Waals surface area (Å²) in [6.07, 6.45) is 4.32. The molecule has 4 heteroatoms. The molecule has 1 aliphatic carbocycles. The van der Waals surface area contributed by atoms with Crippen LogP contribution >= 0.6 is 0 Å². The number of carboxylic acid groups (broad SMARTS) is 1. The first-order valence-corrected chi connectivity index (χ1v) is 7.00. The van der Waals surface area contributed by atoms with Gasteiger partial charge in [-0.15, -0.1) is 0 Å². The summed E-state index contributed by atoms with van der Waals surface area (Å²) in [5, 5.41) is 8.92. The lowest BCUT2D eigenvalue weighted by Crippen LogP contribution is -2.55. The Hall–Kier alpha value is -1.06. The van der Waals surface area contributed by atoms with Gasteiger partial charge in [-0.25, -0.2) is 0 Å². The molecule has 0 aromatic carbocycles. The third kappa shape index (κ3) is 2.68. The van der Waals surface area contributed by atoms with Crippen molar-refractivity contribution in [2.75, 3.05) is 13.1 Å². The number of amides is 1. The Labute approximate surface area is 108 Å². The molecule has 0 radical (unpaired) electrons. The van der Waals surface area contributed by atoms with Crippen LogP contribution in [0, 0.1) is 23.7 Å². The van der Waals surface area contributed by atoms with Crippen molar-refractivity contribution in [3.8, 4) is 0 Å². The highest BCUT2D eigenvalue weighted by Gasteiger charge is 2.39. The minimum atomic E-state index is -0.751. The number of hydrogen-bond acceptors (Lipinski definition) is 2. The van der Waals surface area contributed by atoms with Crippen molar-refractivity contribution in [1.82, 2.24) is 4.90 Å². The lowest BCUT2D eigenvalue weighted by molar-refractivity contribution is -0.153. The van der Waals surface area contributed by atoms with Crippen molar-refractivity contribution in [1.29, 1.82) is 0 Å². The normalized spacial score (nSPS) is 30.7. The Balaban J connectivity index is 1.78. The van der Waals surface area contributed by atoms with E-state index in [1.165, 1.54) is 0 Å². The fourth-order valence-electron chi connectivity index (χ4n) is 2.98. The van der Waals surface area contributed by atoms with Gasteiger partial charge < -0.3 is 10.0 Å². The average molecular weight is 253 g/mol. The number of rotatable bonds is 3. The molecular formula is C14H23NO3. The van der Waals surface area contributed by atoms with E-state index >= 15 is 0 Å². The first-order valence-electron chi connectivity index (χ1n) is 7.00. The third-order valence-corrected chi connectivity index (χ3v) is 4.68. The molecule has 1 atom stereocenters. The third-order valence-electron chi connectivity index (χ3n) is 4.68. The molecule has 1 heterocycles. The molecular weight excluding hydrogens is 230 g/mol. The van der Waals surface area contributed by atoms with E-state index in [1.54, 1.807) is 6.92 Å². The van der Waals surface area contributed by atoms with E-state index in [1.807, 2.05) is 4.90 Å². The smallest absolute Gasteiger partial charge is 0.306 e. The molecule has 1 saturated carbocycles. The Morgan fingerprint density at radius 3 is 2.22 bits per heavy atom. The number of carbonyl (C=O) groups is 2. The zero-order chi connectivity index (χ0) is 13.3. The maximum atomic E-state index is 12.2. The highest BCUT2D eigenvalue weighted by Crippen LogP contribution is 2.32. The molecule has 4 nitrogen and oxygen atoms in total. The minimum Gasteiger partial charge on any atom is -0.481 e. The Kier molecular flexibility index (Phi) is 3.93. The van der Waals surface area contributed by atoms with Crippen LogP contribution < -0.4 is 0 Å². The molecule has 0 spiro atoms. The predicted molar refractivity (Wildman–Crippen MR) is 68.0 cm³/mol. The number of carboxylic acids is 1. The highest BCUT2D eigenvalue weighted by molar-refractivity contribution is 5.80. The van der Waals surface area contributed by atoms with Crippen molar-refractivity contribution in [2.45, 2.75) is 39.5 Å². The number of aliphatic carboxylic acids is 1. The molecule has 1 unspecified atom stereocenters. The highest BCUT2D eigenvalue weighted by atomic mass is 16.4. The summed E-state index contributed by atoms with van der Waals surface area (Å²) in [5.74, 6) is 0.274. The molecule has 1 aliphatic heterocycles. The largest absolute Gasteiger partial charge is 0.481 e. The molecule has 102 valence electrons. The van der Waals surface area contributed by atoms with Gasteiger partial charge in [0.05, 0.1) is 5.92 Å². The molecule has 1 saturated heterocycles. The van der Waals surface area contributed by atoms with Crippen molar-refractivity contribution in [2.24, 2.45) is 23.7 Å². The van der Waals surface area contributed by atoms with Crippen LogP contribution in [0.25, 0.3) is 0 Å². The predicted octanol–water partition coefficient (Wildman–Crippen LogP) is 1.99. The number of carbonyl (C=O) groups excluding carboxylic acids is 1. The molecule has 18 heavy (non-hydrogen) atoms. The van der Waals surface area contributed by atoms with E-state index in [0.29, 0.717) is 13.1 Å². The maximum Gasteiger partial charge on any atom is 0.306 e. The van der Waals surface area contributed by atoms with Gasteiger partial charge in [0, 0.05) is 24.9 Å². The summed E-state index contributed by atoms with van der Waals surface area (Å²) in [6, 6.07) is 0. The van der Waals surface area contributed by atoms with E-state index < -0.39 is 5.97 Å². The number of hydrogen-bond donors (Lipinski definition) is 1. The Morgan fingerprint density at radius 1 is 1.17 bits per heavy atom. The van der Waals surface area contributed by atoms with Crippen molar-refractivity contribution in [3.05, 3.63) is 0 Å². The average Bonchev–Trinajstić information content (AvgIpc) is 2.27. The second kappa shape index (κ2) is 5.29. The molecule has 2 rings (SSSR count). The fraction of sp³-hybridized carbons (Fsp3) is 0.857. The van der Waals surface area contributed by atoms with Crippen LogP contribution in [0.2, 0.25) is 0 Å². The van der Waals surface area contributed by atoms with Gasteiger partial charge in [-0.2, -0.15) is 0 Å². The fourth-order valence-corrected chi connectivity index (χ4v) is 2.98. The summed E-state index contributed by atoms with van der Waals surface area (Å²) < 4.78 is 0. The quantitative estimate of drug-likeness (QED) is 0.837. The van der Waals surface area contributed by atoms with Gasteiger partial charge in [0.1, 0.15) is 0 Å². The lowest BCUT2D eigenvalue weighted by atomic mass is 9.80. The molecule has 0 aromatic heterocycles. The van der Waals surface area contributed by atoms with Crippen LogP contribution in [-0.2, 0) is 9.59 Å². The monoisotopic (exact) mass is 253 g/mol. The lowest BCUT2D eigenvalue weighted by Gasteiger charge is -2.43. The number of likely N-dealkylation sites (tertiary alicyclic amines) is 1. The van der Waals surface area contributed by atoms with Crippen molar-refractivity contribution in [3.63, 3.8) is 0 Å². The zero-order valence-electron chi connectivity index (χ0n) is 11.3. The standard InChI is InChI=1S/C14H23NO3/c1-9-3-5-11(6-4-9)13(16)15-7-12(8-15)10(2)14(17)18/h9-12H,3-8H2,1-2H3,(H,17,18). The second-order valence-corrected chi connectivity index (χ2v) is 6.09. The van der Waals surface area contributed by atoms with Gasteiger partial charge in [-0.05, 0) is 31.6 Å². The second-order valence-electron chi connectivity index (χ2n) is 6.09. The van der Waals surface area contributed by atoms with E-state index in [9.17, 15) is 9.59 Å². The summed E-state index contributed by atoms with van der Waals surface area (Å²) >= 11 is 0. The van der Waals surface area contributed by atoms with Crippen LogP contribution in [0.5, 0.6) is 0 Å². The van der Waals surface area contributed by atoms with Gasteiger partial charge in [-0.1, -0.05) is 13.8 Å². The maximum absolute atomic E-state index is 12.2. The summed E-state index contributed by atoms with van der Waals surface area (Å²) in [4.78, 5) is 24.9. The van der Waals surface area contributed by atoms with Gasteiger partial charge >= 0.3 is 5.97 Å². The molecule has 2 fully saturated rings. The molecule has 2 aliphatic rings. The number of nitrogens with zero attached hydrogens (tertiary/aromatic N) is 1. The Morgan fingerprint density at radius 2 is 1.72 bits per heavy atom. The molecule has 0 bridgehead atoms. The summed E-state index contributed by atoms with van der Waals surface area (Å²) in [7, 11) is 0. The van der Waals surface area contributed by atoms with Gasteiger partial charge in [0.25, 0.3) is 0 Å². The van der Waals surface area contributed by atoms with Crippen LogP contribution in [0.4, 0.5) is 0 Å². The van der Waals surface area contributed by atoms with E-state index in [4.69, 9.17) is 5.11 Å². The van der Waals surface area contributed by atoms with Crippen LogP contribution in [0.15, 0.2) is 0 Å². The van der Waals surface area contributed by atoms with E-state index in [2.05, 4.69) is 6.92 Å². The molecule has 1 N–H and O–H groups in total. The van der Waals surface area contributed by atoms with Gasteiger partial charge in [0.15, 0.2) is 0 Å². The van der Waals surface area contributed by atoms with E-state index in [-0.39, 0.29) is 23.7 Å². The zero-order valence-corrected chi connectivity index (χ0v) is 11.3. The van der Waals surface area contributed by atoms with Gasteiger partial charge in [-0.3, -0.25) is 9.59 Å². The summed E-state index contributed by atoms with van der Waals surface area (Å²) in [6.45, 7) is 5.25. The summed E-state index contributed by atoms with van der Waals surface area (Å²) in [5.41, 5.74) is 0. The van der Waals surface area contributed by atoms with Crippen molar-refractivity contribution < 1.29 is 14.7 Å². The first-order chi connectivity index (χ1) is 8.49. The topological polar surface area (TPSA) is 57.6 Å². The first kappa shape index (κ1) is 13.4. The minimum absolute atomic E-state index is 0.147. The Bertz CT molecular complexity index is 328. The van der Waals surface area contributed by atoms with E-state index in [0.717, 1.165) is 31.6 Å². The molecule has 0 aromatic rings. The van der Waals surface area contributed by atoms with Crippen LogP contribution in [-0.4, -0.2) is 35.0 Å². The van der Waals surface area contributed by atoms with Crippen LogP contribution in [0.3, 0.4) is 0 Å². The van der Waals surface area contributed by atoms with Crippen LogP contribution in [0.1, 0.15) is 39.5 Å². The molecule has 1 amide bonds. The van der Waals surface area contributed by atoms with Crippen molar-refractivity contribution >= 4 is 11.9 Å². The SMILES string of the molecule is CC1CCC(C(=O)N2CC(C(C)C(=O)O)C2)CC1. The van der Waals surface area contributed by atoms with Gasteiger partial charge in [0.2, 0.25) is 5.91 Å².